The molecule has 1 amide bonds. The minimum absolute atomic E-state index is 0.144. The van der Waals surface area contributed by atoms with E-state index >= 15 is 0 Å². The fraction of sp³-hybridized carbons (Fsp3) is 0.400. The molecular weight excluding hydrogens is 302 g/mol. The molecule has 4 heteroatoms. The molecule has 0 radical (unpaired) electrons. The van der Waals surface area contributed by atoms with Gasteiger partial charge in [-0.25, -0.2) is 0 Å². The molecule has 2 aromatic rings. The molecule has 0 spiro atoms. The number of amides is 1. The standard InChI is InChI=1S/C20H23NO3/c22-19(21-11-3-4-15(14-21)8-10-20(23)24)13-16-7-9-17-5-1-2-6-18(17)12-16/h1-2,5-7,9,12,15H,3-4,8,10-11,13-14H2,(H,23,24). The fourth-order valence-corrected chi connectivity index (χ4v) is 3.49. The summed E-state index contributed by atoms with van der Waals surface area (Å²) < 4.78 is 0. The number of carboxylic acids is 1. The van der Waals surface area contributed by atoms with Crippen LogP contribution in [0.15, 0.2) is 42.5 Å². The number of likely N-dealkylation sites (tertiary alicyclic amines) is 1. The maximum atomic E-state index is 12.6. The highest BCUT2D eigenvalue weighted by Crippen LogP contribution is 2.22. The summed E-state index contributed by atoms with van der Waals surface area (Å²) in [7, 11) is 0. The van der Waals surface area contributed by atoms with Gasteiger partial charge in [0.15, 0.2) is 0 Å². The second-order valence-corrected chi connectivity index (χ2v) is 6.64. The lowest BCUT2D eigenvalue weighted by atomic mass is 9.93. The Balaban J connectivity index is 1.61. The number of nitrogens with zero attached hydrogens (tertiary/aromatic N) is 1. The Labute approximate surface area is 142 Å². The van der Waals surface area contributed by atoms with Crippen molar-refractivity contribution in [1.82, 2.24) is 4.90 Å². The van der Waals surface area contributed by atoms with Crippen molar-refractivity contribution in [2.45, 2.75) is 32.1 Å². The Morgan fingerprint density at radius 3 is 2.71 bits per heavy atom. The maximum absolute atomic E-state index is 12.6. The van der Waals surface area contributed by atoms with E-state index < -0.39 is 5.97 Å². The number of rotatable bonds is 5. The highest BCUT2D eigenvalue weighted by Gasteiger charge is 2.24. The van der Waals surface area contributed by atoms with Gasteiger partial charge in [0.2, 0.25) is 5.91 Å². The van der Waals surface area contributed by atoms with Gasteiger partial charge in [0.05, 0.1) is 6.42 Å². The van der Waals surface area contributed by atoms with Crippen molar-refractivity contribution >= 4 is 22.6 Å². The lowest BCUT2D eigenvalue weighted by Gasteiger charge is -2.32. The van der Waals surface area contributed by atoms with Gasteiger partial charge in [0, 0.05) is 19.5 Å². The summed E-state index contributed by atoms with van der Waals surface area (Å²) >= 11 is 0. The third-order valence-electron chi connectivity index (χ3n) is 4.81. The van der Waals surface area contributed by atoms with Crippen LogP contribution in [0.2, 0.25) is 0 Å². The minimum Gasteiger partial charge on any atom is -0.481 e. The lowest BCUT2D eigenvalue weighted by molar-refractivity contribution is -0.137. The largest absolute Gasteiger partial charge is 0.481 e. The topological polar surface area (TPSA) is 57.6 Å². The first-order chi connectivity index (χ1) is 11.6. The van der Waals surface area contributed by atoms with Crippen LogP contribution in [0.25, 0.3) is 10.8 Å². The van der Waals surface area contributed by atoms with Crippen LogP contribution in [0.4, 0.5) is 0 Å². The summed E-state index contributed by atoms with van der Waals surface area (Å²) in [4.78, 5) is 25.2. The number of carbonyl (C=O) groups is 2. The van der Waals surface area contributed by atoms with Gasteiger partial charge in [-0.1, -0.05) is 42.5 Å². The highest BCUT2D eigenvalue weighted by molar-refractivity contribution is 5.85. The van der Waals surface area contributed by atoms with Gasteiger partial charge in [-0.05, 0) is 41.5 Å². The molecule has 1 fully saturated rings. The van der Waals surface area contributed by atoms with Crippen molar-refractivity contribution in [2.24, 2.45) is 5.92 Å². The van der Waals surface area contributed by atoms with E-state index in [9.17, 15) is 9.59 Å². The van der Waals surface area contributed by atoms with Crippen LogP contribution in [0.1, 0.15) is 31.2 Å². The SMILES string of the molecule is O=C(O)CCC1CCCN(C(=O)Cc2ccc3ccccc3c2)C1. The number of piperidine rings is 1. The Morgan fingerprint density at radius 2 is 1.92 bits per heavy atom. The summed E-state index contributed by atoms with van der Waals surface area (Å²) in [6.07, 6.45) is 3.25. The predicted octanol–water partition coefficient (Wildman–Crippen LogP) is 3.49. The molecule has 1 aliphatic heterocycles. The van der Waals surface area contributed by atoms with E-state index in [2.05, 4.69) is 24.3 Å². The summed E-state index contributed by atoms with van der Waals surface area (Å²) in [5.74, 6) is -0.296. The molecule has 1 saturated heterocycles. The van der Waals surface area contributed by atoms with Crippen molar-refractivity contribution in [3.05, 3.63) is 48.0 Å². The Hall–Kier alpha value is -2.36. The Bertz CT molecular complexity index is 740. The van der Waals surface area contributed by atoms with E-state index in [0.29, 0.717) is 25.3 Å². The smallest absolute Gasteiger partial charge is 0.303 e. The zero-order valence-electron chi connectivity index (χ0n) is 13.8. The monoisotopic (exact) mass is 325 g/mol. The number of aliphatic carboxylic acids is 1. The van der Waals surface area contributed by atoms with Crippen LogP contribution < -0.4 is 0 Å². The number of benzene rings is 2. The van der Waals surface area contributed by atoms with Crippen LogP contribution >= 0.6 is 0 Å². The van der Waals surface area contributed by atoms with Gasteiger partial charge >= 0.3 is 5.97 Å². The number of carboxylic acid groups (broad SMARTS) is 1. The third-order valence-corrected chi connectivity index (χ3v) is 4.81. The zero-order chi connectivity index (χ0) is 16.9. The molecule has 2 aromatic carbocycles. The van der Waals surface area contributed by atoms with Crippen molar-refractivity contribution in [2.75, 3.05) is 13.1 Å². The van der Waals surface area contributed by atoms with Gasteiger partial charge in [-0.3, -0.25) is 9.59 Å². The van der Waals surface area contributed by atoms with Crippen LogP contribution in [-0.2, 0) is 16.0 Å². The van der Waals surface area contributed by atoms with Gasteiger partial charge in [-0.2, -0.15) is 0 Å². The quantitative estimate of drug-likeness (QED) is 0.915. The molecule has 1 heterocycles. The highest BCUT2D eigenvalue weighted by atomic mass is 16.4. The number of carbonyl (C=O) groups excluding carboxylic acids is 1. The molecule has 1 N–H and O–H groups in total. The molecule has 1 aliphatic rings. The van der Waals surface area contributed by atoms with Gasteiger partial charge in [-0.15, -0.1) is 0 Å². The van der Waals surface area contributed by atoms with Crippen LogP contribution in [0, 0.1) is 5.92 Å². The van der Waals surface area contributed by atoms with Gasteiger partial charge in [0.25, 0.3) is 0 Å². The van der Waals surface area contributed by atoms with Crippen molar-refractivity contribution in [1.29, 1.82) is 0 Å². The van der Waals surface area contributed by atoms with Crippen LogP contribution in [0.3, 0.4) is 0 Å². The second-order valence-electron chi connectivity index (χ2n) is 6.64. The summed E-state index contributed by atoms with van der Waals surface area (Å²) in [5, 5.41) is 11.2. The normalized spacial score (nSPS) is 17.8. The molecular formula is C20H23NO3. The molecule has 1 unspecified atom stereocenters. The Morgan fingerprint density at radius 1 is 1.12 bits per heavy atom. The van der Waals surface area contributed by atoms with Crippen molar-refractivity contribution in [3.63, 3.8) is 0 Å². The van der Waals surface area contributed by atoms with E-state index in [1.54, 1.807) is 0 Å². The van der Waals surface area contributed by atoms with Crippen molar-refractivity contribution < 1.29 is 14.7 Å². The summed E-state index contributed by atoms with van der Waals surface area (Å²) in [6.45, 7) is 1.48. The average Bonchev–Trinajstić information content (AvgIpc) is 2.60. The minimum atomic E-state index is -0.755. The van der Waals surface area contributed by atoms with Gasteiger partial charge in [0.1, 0.15) is 0 Å². The molecule has 4 nitrogen and oxygen atoms in total. The molecule has 1 atom stereocenters. The van der Waals surface area contributed by atoms with E-state index in [4.69, 9.17) is 5.11 Å². The molecule has 3 rings (SSSR count). The first-order valence-corrected chi connectivity index (χ1v) is 8.59. The van der Waals surface area contributed by atoms with E-state index in [-0.39, 0.29) is 12.3 Å². The molecule has 0 aliphatic carbocycles. The summed E-state index contributed by atoms with van der Waals surface area (Å²) in [5.41, 5.74) is 1.03. The van der Waals surface area contributed by atoms with E-state index in [1.165, 1.54) is 5.39 Å². The maximum Gasteiger partial charge on any atom is 0.303 e. The lowest BCUT2D eigenvalue weighted by Crippen LogP contribution is -2.40. The van der Waals surface area contributed by atoms with Crippen LogP contribution in [-0.4, -0.2) is 35.0 Å². The zero-order valence-corrected chi connectivity index (χ0v) is 13.8. The molecule has 0 saturated carbocycles. The number of hydrogen-bond acceptors (Lipinski definition) is 2. The fourth-order valence-electron chi connectivity index (χ4n) is 3.49. The second kappa shape index (κ2) is 7.47. The van der Waals surface area contributed by atoms with Crippen LogP contribution in [0.5, 0.6) is 0 Å². The van der Waals surface area contributed by atoms with Gasteiger partial charge < -0.3 is 10.0 Å². The van der Waals surface area contributed by atoms with E-state index in [0.717, 1.165) is 30.3 Å². The summed E-state index contributed by atoms with van der Waals surface area (Å²) in [6, 6.07) is 14.3. The predicted molar refractivity (Wildman–Crippen MR) is 93.8 cm³/mol. The first kappa shape index (κ1) is 16.5. The number of hydrogen-bond donors (Lipinski definition) is 1. The first-order valence-electron chi connectivity index (χ1n) is 8.59. The molecule has 126 valence electrons. The molecule has 0 aromatic heterocycles. The third kappa shape index (κ3) is 4.13. The molecule has 0 bridgehead atoms. The molecule has 24 heavy (non-hydrogen) atoms. The average molecular weight is 325 g/mol. The number of fused-ring (bicyclic) bond motifs is 1. The van der Waals surface area contributed by atoms with Crippen molar-refractivity contribution in [3.8, 4) is 0 Å². The van der Waals surface area contributed by atoms with E-state index in [1.807, 2.05) is 23.1 Å². The Kier molecular flexibility index (Phi) is 5.14.